The van der Waals surface area contributed by atoms with E-state index in [-0.39, 0.29) is 6.61 Å². The fourth-order valence-electron chi connectivity index (χ4n) is 1.43. The zero-order valence-corrected chi connectivity index (χ0v) is 11.6. The summed E-state index contributed by atoms with van der Waals surface area (Å²) in [6, 6.07) is 8.89. The number of nitrogens with zero attached hydrogens (tertiary/aromatic N) is 2. The minimum atomic E-state index is -0.830. The summed E-state index contributed by atoms with van der Waals surface area (Å²) in [4.78, 5) is 7.81. The number of benzene rings is 1. The Kier molecular flexibility index (Phi) is 4.53. The third-order valence-electron chi connectivity index (χ3n) is 2.89. The quantitative estimate of drug-likeness (QED) is 0.877. The van der Waals surface area contributed by atoms with E-state index in [1.165, 1.54) is 6.33 Å². The van der Waals surface area contributed by atoms with Crippen molar-refractivity contribution in [1.82, 2.24) is 9.97 Å². The summed E-state index contributed by atoms with van der Waals surface area (Å²) in [5, 5.41) is 9.92. The normalized spacial score (nSPS) is 13.6. The summed E-state index contributed by atoms with van der Waals surface area (Å²) in [6.45, 7) is 3.90. The molecule has 0 aliphatic heterocycles. The van der Waals surface area contributed by atoms with E-state index in [1.807, 2.05) is 25.1 Å². The molecule has 0 unspecified atom stereocenters. The van der Waals surface area contributed by atoms with Crippen LogP contribution in [0.3, 0.4) is 0 Å². The van der Waals surface area contributed by atoms with Gasteiger partial charge in [-0.25, -0.2) is 9.97 Å². The lowest BCUT2D eigenvalue weighted by Crippen LogP contribution is -2.31. The van der Waals surface area contributed by atoms with Crippen LogP contribution >= 0.6 is 0 Å². The lowest BCUT2D eigenvalue weighted by atomic mass is 10.1. The molecule has 5 heteroatoms. The first kappa shape index (κ1) is 14.3. The number of rotatable bonds is 6. The Hall–Kier alpha value is -2.14. The van der Waals surface area contributed by atoms with Crippen molar-refractivity contribution in [3.8, 4) is 17.4 Å². The van der Waals surface area contributed by atoms with Gasteiger partial charge in [-0.2, -0.15) is 0 Å². The van der Waals surface area contributed by atoms with Gasteiger partial charge in [0, 0.05) is 18.3 Å². The van der Waals surface area contributed by atoms with Crippen molar-refractivity contribution in [3.63, 3.8) is 0 Å². The third-order valence-corrected chi connectivity index (χ3v) is 2.89. The molecule has 0 saturated carbocycles. The molecule has 2 aromatic rings. The second kappa shape index (κ2) is 6.34. The molecule has 0 amide bonds. The molecule has 5 nitrogen and oxygen atoms in total. The molecule has 0 fully saturated rings. The highest BCUT2D eigenvalue weighted by atomic mass is 16.5. The Balaban J connectivity index is 2.01. The Morgan fingerprint density at radius 1 is 1.25 bits per heavy atom. The summed E-state index contributed by atoms with van der Waals surface area (Å²) in [5.74, 6) is 1.74. The second-order valence-corrected chi connectivity index (χ2v) is 4.76. The molecule has 1 heterocycles. The maximum absolute atomic E-state index is 9.92. The van der Waals surface area contributed by atoms with E-state index in [1.54, 1.807) is 25.3 Å². The average Bonchev–Trinajstić information content (AvgIpc) is 2.47. The maximum atomic E-state index is 9.92. The Morgan fingerprint density at radius 3 is 2.75 bits per heavy atom. The summed E-state index contributed by atoms with van der Waals surface area (Å²) in [6.07, 6.45) is 3.67. The van der Waals surface area contributed by atoms with E-state index in [2.05, 4.69) is 9.97 Å². The van der Waals surface area contributed by atoms with E-state index < -0.39 is 5.60 Å². The fourth-order valence-corrected chi connectivity index (χ4v) is 1.43. The number of hydrogen-bond donors (Lipinski definition) is 1. The van der Waals surface area contributed by atoms with Crippen LogP contribution in [0.15, 0.2) is 42.9 Å². The van der Waals surface area contributed by atoms with Crippen LogP contribution in [-0.2, 0) is 0 Å². The fraction of sp³-hybridized carbons (Fsp3) is 0.333. The number of aliphatic hydroxyl groups is 1. The first-order chi connectivity index (χ1) is 9.59. The number of aromatic nitrogens is 2. The van der Waals surface area contributed by atoms with Gasteiger partial charge in [0.05, 0.1) is 5.60 Å². The molecule has 0 radical (unpaired) electrons. The summed E-state index contributed by atoms with van der Waals surface area (Å²) in [5.41, 5.74) is -0.830. The Labute approximate surface area is 118 Å². The van der Waals surface area contributed by atoms with Crippen molar-refractivity contribution >= 4 is 0 Å². The summed E-state index contributed by atoms with van der Waals surface area (Å²) in [7, 11) is 0. The predicted octanol–water partition coefficient (Wildman–Crippen LogP) is 2.81. The smallest absolute Gasteiger partial charge is 0.222 e. The van der Waals surface area contributed by atoms with Crippen molar-refractivity contribution in [2.45, 2.75) is 25.9 Å². The van der Waals surface area contributed by atoms with Gasteiger partial charge in [-0.3, -0.25) is 0 Å². The van der Waals surface area contributed by atoms with Gasteiger partial charge in [0.1, 0.15) is 24.4 Å². The zero-order valence-electron chi connectivity index (χ0n) is 11.6. The van der Waals surface area contributed by atoms with Crippen LogP contribution in [0.25, 0.3) is 0 Å². The minimum absolute atomic E-state index is 0.237. The van der Waals surface area contributed by atoms with E-state index >= 15 is 0 Å². The topological polar surface area (TPSA) is 64.5 Å². The molecular formula is C15H18N2O3. The van der Waals surface area contributed by atoms with Gasteiger partial charge in [-0.15, -0.1) is 0 Å². The van der Waals surface area contributed by atoms with Crippen molar-refractivity contribution in [1.29, 1.82) is 0 Å². The van der Waals surface area contributed by atoms with Crippen molar-refractivity contribution in [2.75, 3.05) is 6.61 Å². The molecule has 1 atom stereocenters. The van der Waals surface area contributed by atoms with Crippen molar-refractivity contribution in [2.24, 2.45) is 0 Å². The van der Waals surface area contributed by atoms with Crippen LogP contribution in [0.4, 0.5) is 0 Å². The van der Waals surface area contributed by atoms with Gasteiger partial charge in [0.2, 0.25) is 5.88 Å². The monoisotopic (exact) mass is 274 g/mol. The van der Waals surface area contributed by atoms with Crippen LogP contribution in [0.1, 0.15) is 20.3 Å². The highest BCUT2D eigenvalue weighted by Crippen LogP contribution is 2.24. The molecule has 1 aromatic carbocycles. The first-order valence-corrected chi connectivity index (χ1v) is 6.48. The first-order valence-electron chi connectivity index (χ1n) is 6.48. The molecular weight excluding hydrogens is 256 g/mol. The van der Waals surface area contributed by atoms with Gasteiger partial charge in [-0.1, -0.05) is 13.0 Å². The van der Waals surface area contributed by atoms with Gasteiger partial charge in [0.15, 0.2) is 0 Å². The second-order valence-electron chi connectivity index (χ2n) is 4.76. The maximum Gasteiger partial charge on any atom is 0.222 e. The summed E-state index contributed by atoms with van der Waals surface area (Å²) < 4.78 is 11.2. The summed E-state index contributed by atoms with van der Waals surface area (Å²) >= 11 is 0. The lowest BCUT2D eigenvalue weighted by molar-refractivity contribution is 0.00841. The molecule has 1 N–H and O–H groups in total. The van der Waals surface area contributed by atoms with Crippen LogP contribution in [-0.4, -0.2) is 27.3 Å². The van der Waals surface area contributed by atoms with Gasteiger partial charge >= 0.3 is 0 Å². The molecule has 0 aliphatic carbocycles. The molecule has 2 rings (SSSR count). The highest BCUT2D eigenvalue weighted by Gasteiger charge is 2.18. The van der Waals surface area contributed by atoms with Gasteiger partial charge in [0.25, 0.3) is 0 Å². The highest BCUT2D eigenvalue weighted by molar-refractivity contribution is 5.35. The molecule has 0 bridgehead atoms. The van der Waals surface area contributed by atoms with Gasteiger partial charge < -0.3 is 14.6 Å². The molecule has 1 aromatic heterocycles. The molecule has 106 valence electrons. The standard InChI is InChI=1S/C15H18N2O3/c1-3-15(2,18)10-19-12-5-4-6-13(9-12)20-14-7-8-16-11-17-14/h4-9,11,18H,3,10H2,1-2H3/t15-/m0/s1. The van der Waals surface area contributed by atoms with E-state index in [0.29, 0.717) is 23.8 Å². The largest absolute Gasteiger partial charge is 0.490 e. The minimum Gasteiger partial charge on any atom is -0.490 e. The number of hydrogen-bond acceptors (Lipinski definition) is 5. The third kappa shape index (κ3) is 4.20. The molecule has 20 heavy (non-hydrogen) atoms. The Morgan fingerprint density at radius 2 is 2.05 bits per heavy atom. The van der Waals surface area contributed by atoms with Crippen LogP contribution in [0, 0.1) is 0 Å². The van der Waals surface area contributed by atoms with Crippen molar-refractivity contribution < 1.29 is 14.6 Å². The number of ether oxygens (including phenoxy) is 2. The lowest BCUT2D eigenvalue weighted by Gasteiger charge is -2.21. The van der Waals surface area contributed by atoms with E-state index in [0.717, 1.165) is 0 Å². The predicted molar refractivity (Wildman–Crippen MR) is 75.0 cm³/mol. The zero-order chi connectivity index (χ0) is 14.4. The van der Waals surface area contributed by atoms with Crippen molar-refractivity contribution in [3.05, 3.63) is 42.9 Å². The molecule has 0 aliphatic rings. The van der Waals surface area contributed by atoms with Crippen LogP contribution in [0.2, 0.25) is 0 Å². The SMILES string of the molecule is CC[C@](C)(O)COc1cccc(Oc2ccncn2)c1. The molecule has 0 saturated heterocycles. The van der Waals surface area contributed by atoms with Gasteiger partial charge in [-0.05, 0) is 25.5 Å². The van der Waals surface area contributed by atoms with Crippen LogP contribution < -0.4 is 9.47 Å². The van der Waals surface area contributed by atoms with E-state index in [4.69, 9.17) is 9.47 Å². The van der Waals surface area contributed by atoms with Crippen LogP contribution in [0.5, 0.6) is 17.4 Å². The average molecular weight is 274 g/mol. The molecule has 0 spiro atoms. The van der Waals surface area contributed by atoms with E-state index in [9.17, 15) is 5.11 Å². The Bertz CT molecular complexity index is 544.